The van der Waals surface area contributed by atoms with Gasteiger partial charge in [0.15, 0.2) is 0 Å². The molecule has 0 spiro atoms. The third-order valence-electron chi connectivity index (χ3n) is 4.98. The van der Waals surface area contributed by atoms with Gasteiger partial charge in [-0.05, 0) is 59.7 Å². The lowest BCUT2D eigenvalue weighted by Gasteiger charge is -2.29. The fraction of sp³-hybridized carbons (Fsp3) is 0.125. The number of benzene rings is 2. The second-order valence-corrected chi connectivity index (χ2v) is 6.98. The molecule has 2 N–H and O–H groups in total. The number of methoxy groups -OCH3 is 2. The third kappa shape index (κ3) is 4.57. The van der Waals surface area contributed by atoms with Gasteiger partial charge in [0.25, 0.3) is 0 Å². The third-order valence-corrected chi connectivity index (χ3v) is 4.98. The van der Waals surface area contributed by atoms with Gasteiger partial charge in [-0.3, -0.25) is 0 Å². The molecule has 0 saturated heterocycles. The molecule has 168 valence electrons. The summed E-state index contributed by atoms with van der Waals surface area (Å²) < 4.78 is 20.6. The molecule has 4 rings (SSSR count). The summed E-state index contributed by atoms with van der Waals surface area (Å²) in [5.41, 5.74) is 1.60. The molecular weight excluding hydrogens is 428 g/mol. The number of furan rings is 1. The van der Waals surface area contributed by atoms with Gasteiger partial charge in [-0.2, -0.15) is 0 Å². The predicted molar refractivity (Wildman–Crippen MR) is 116 cm³/mol. The lowest BCUT2D eigenvalue weighted by molar-refractivity contribution is -0.136. The van der Waals surface area contributed by atoms with Crippen LogP contribution in [0.5, 0.6) is 11.5 Å². The molecule has 1 aliphatic heterocycles. The topological polar surface area (TPSA) is 116 Å². The van der Waals surface area contributed by atoms with Crippen LogP contribution in [0.4, 0.5) is 4.79 Å². The Balaban J connectivity index is 1.74. The highest BCUT2D eigenvalue weighted by Crippen LogP contribution is 2.33. The first kappa shape index (κ1) is 21.7. The molecule has 3 aromatic rings. The van der Waals surface area contributed by atoms with Gasteiger partial charge >= 0.3 is 18.0 Å². The van der Waals surface area contributed by atoms with Gasteiger partial charge in [-0.25, -0.2) is 14.4 Å². The second-order valence-electron chi connectivity index (χ2n) is 6.98. The van der Waals surface area contributed by atoms with Crippen LogP contribution in [0.2, 0.25) is 0 Å². The molecule has 1 aromatic heterocycles. The Morgan fingerprint density at radius 2 is 1.73 bits per heavy atom. The maximum atomic E-state index is 12.8. The summed E-state index contributed by atoms with van der Waals surface area (Å²) >= 11 is 0. The molecule has 0 fully saturated rings. The van der Waals surface area contributed by atoms with Crippen LogP contribution in [0.15, 0.2) is 76.9 Å². The van der Waals surface area contributed by atoms with Crippen LogP contribution < -0.4 is 20.1 Å². The number of carbonyl (C=O) groups is 3. The van der Waals surface area contributed by atoms with E-state index < -0.39 is 24.0 Å². The minimum atomic E-state index is -0.856. The van der Waals surface area contributed by atoms with Crippen LogP contribution in [-0.2, 0) is 9.53 Å². The number of rotatable bonds is 6. The Morgan fingerprint density at radius 3 is 2.39 bits per heavy atom. The van der Waals surface area contributed by atoms with Crippen molar-refractivity contribution in [3.8, 4) is 11.5 Å². The van der Waals surface area contributed by atoms with Crippen molar-refractivity contribution in [1.29, 1.82) is 0 Å². The van der Waals surface area contributed by atoms with Crippen molar-refractivity contribution in [3.63, 3.8) is 0 Å². The van der Waals surface area contributed by atoms with E-state index in [4.69, 9.17) is 18.6 Å². The minimum Gasteiger partial charge on any atom is -0.497 e. The number of nitrogens with one attached hydrogen (secondary N) is 2. The van der Waals surface area contributed by atoms with Crippen molar-refractivity contribution in [3.05, 3.63) is 89.4 Å². The van der Waals surface area contributed by atoms with E-state index in [0.717, 1.165) is 0 Å². The molecule has 0 bridgehead atoms. The van der Waals surface area contributed by atoms with Crippen molar-refractivity contribution in [2.75, 3.05) is 14.2 Å². The summed E-state index contributed by atoms with van der Waals surface area (Å²) in [5, 5.41) is 5.43. The van der Waals surface area contributed by atoms with Crippen molar-refractivity contribution in [2.24, 2.45) is 0 Å². The zero-order valence-electron chi connectivity index (χ0n) is 17.8. The highest BCUT2D eigenvalue weighted by molar-refractivity contribution is 6.04. The Hall–Kier alpha value is -4.53. The van der Waals surface area contributed by atoms with Crippen LogP contribution in [-0.4, -0.2) is 32.2 Å². The number of carbonyl (C=O) groups excluding carboxylic acids is 3. The SMILES string of the molecule is COC(=O)C1=C(c2ccc(OC)cc2)NC(=O)NC1c1cccc(OC(=O)c2ccco2)c1. The molecule has 0 saturated carbocycles. The Bertz CT molecular complexity index is 1210. The maximum Gasteiger partial charge on any atom is 0.379 e. The van der Waals surface area contributed by atoms with Gasteiger partial charge in [0.1, 0.15) is 11.5 Å². The molecule has 9 heteroatoms. The quantitative estimate of drug-likeness (QED) is 0.438. The first-order valence-corrected chi connectivity index (χ1v) is 9.90. The number of hydrogen-bond acceptors (Lipinski definition) is 7. The average Bonchev–Trinajstić information content (AvgIpc) is 3.38. The molecule has 2 heterocycles. The summed E-state index contributed by atoms with van der Waals surface area (Å²) in [6.45, 7) is 0. The number of hydrogen-bond donors (Lipinski definition) is 2. The second kappa shape index (κ2) is 9.31. The largest absolute Gasteiger partial charge is 0.497 e. The molecule has 1 atom stereocenters. The summed E-state index contributed by atoms with van der Waals surface area (Å²) in [6, 6.07) is 15.1. The number of urea groups is 1. The van der Waals surface area contributed by atoms with Gasteiger partial charge in [-0.1, -0.05) is 12.1 Å². The molecule has 0 radical (unpaired) electrons. The van der Waals surface area contributed by atoms with E-state index in [1.54, 1.807) is 61.7 Å². The highest BCUT2D eigenvalue weighted by atomic mass is 16.5. The van der Waals surface area contributed by atoms with E-state index in [2.05, 4.69) is 10.6 Å². The van der Waals surface area contributed by atoms with Crippen molar-refractivity contribution in [2.45, 2.75) is 6.04 Å². The summed E-state index contributed by atoms with van der Waals surface area (Å²) in [5.74, 6) is -0.406. The first-order valence-electron chi connectivity index (χ1n) is 9.90. The molecule has 33 heavy (non-hydrogen) atoms. The van der Waals surface area contributed by atoms with E-state index in [1.165, 1.54) is 19.4 Å². The van der Waals surface area contributed by atoms with Crippen molar-refractivity contribution in [1.82, 2.24) is 10.6 Å². The summed E-state index contributed by atoms with van der Waals surface area (Å²) in [4.78, 5) is 37.5. The van der Waals surface area contributed by atoms with Crippen LogP contribution in [0.1, 0.15) is 27.7 Å². The fourth-order valence-electron chi connectivity index (χ4n) is 3.44. The molecule has 1 unspecified atom stereocenters. The molecule has 1 aliphatic rings. The molecule has 2 aromatic carbocycles. The van der Waals surface area contributed by atoms with Crippen molar-refractivity contribution >= 4 is 23.7 Å². The average molecular weight is 448 g/mol. The monoisotopic (exact) mass is 448 g/mol. The predicted octanol–water partition coefficient (Wildman–Crippen LogP) is 3.45. The fourth-order valence-corrected chi connectivity index (χ4v) is 3.44. The van der Waals surface area contributed by atoms with Gasteiger partial charge in [0.2, 0.25) is 5.76 Å². The number of amides is 2. The molecule has 0 aliphatic carbocycles. The van der Waals surface area contributed by atoms with Gasteiger partial charge < -0.3 is 29.3 Å². The minimum absolute atomic E-state index is 0.0486. The number of esters is 2. The first-order chi connectivity index (χ1) is 16.0. The van der Waals surface area contributed by atoms with Crippen molar-refractivity contribution < 1.29 is 33.0 Å². The number of ether oxygens (including phenoxy) is 3. The molecule has 9 nitrogen and oxygen atoms in total. The van der Waals surface area contributed by atoms with E-state index in [-0.39, 0.29) is 17.1 Å². The van der Waals surface area contributed by atoms with Crippen LogP contribution in [0.25, 0.3) is 5.70 Å². The Morgan fingerprint density at radius 1 is 0.939 bits per heavy atom. The molecular formula is C24H20N2O7. The van der Waals surface area contributed by atoms with Crippen LogP contribution in [0, 0.1) is 0 Å². The lowest BCUT2D eigenvalue weighted by Crippen LogP contribution is -2.45. The standard InChI is InChI=1S/C24H20N2O7/c1-30-16-10-8-14(9-11-16)20-19(23(28)31-2)21(26-24(29)25-20)15-5-3-6-17(13-15)33-22(27)18-7-4-12-32-18/h3-13,21H,1-2H3,(H2,25,26,29). The molecule has 2 amide bonds. The van der Waals surface area contributed by atoms with Crippen LogP contribution in [0.3, 0.4) is 0 Å². The van der Waals surface area contributed by atoms with Gasteiger partial charge in [0, 0.05) is 0 Å². The van der Waals surface area contributed by atoms with E-state index in [1.807, 2.05) is 0 Å². The van der Waals surface area contributed by atoms with E-state index in [0.29, 0.717) is 22.6 Å². The van der Waals surface area contributed by atoms with Crippen LogP contribution >= 0.6 is 0 Å². The Kier molecular flexibility index (Phi) is 6.12. The maximum absolute atomic E-state index is 12.8. The lowest BCUT2D eigenvalue weighted by atomic mass is 9.92. The highest BCUT2D eigenvalue weighted by Gasteiger charge is 2.34. The normalized spacial score (nSPS) is 15.3. The smallest absolute Gasteiger partial charge is 0.379 e. The summed E-state index contributed by atoms with van der Waals surface area (Å²) in [6.07, 6.45) is 1.37. The van der Waals surface area contributed by atoms with Gasteiger partial charge in [-0.15, -0.1) is 0 Å². The van der Waals surface area contributed by atoms with E-state index >= 15 is 0 Å². The Labute approximate surface area is 188 Å². The van der Waals surface area contributed by atoms with Gasteiger partial charge in [0.05, 0.1) is 37.8 Å². The van der Waals surface area contributed by atoms with E-state index in [9.17, 15) is 14.4 Å². The zero-order chi connectivity index (χ0) is 23.4. The summed E-state index contributed by atoms with van der Waals surface area (Å²) in [7, 11) is 2.80. The zero-order valence-corrected chi connectivity index (χ0v) is 17.8.